The molecule has 0 saturated heterocycles. The molecule has 1 aliphatic carbocycles. The van der Waals surface area contributed by atoms with Gasteiger partial charge in [0.1, 0.15) is 11.5 Å². The van der Waals surface area contributed by atoms with E-state index in [4.69, 9.17) is 4.74 Å². The lowest BCUT2D eigenvalue weighted by atomic mass is 9.66. The topological polar surface area (TPSA) is 43.4 Å². The highest BCUT2D eigenvalue weighted by Crippen LogP contribution is 2.64. The highest BCUT2D eigenvalue weighted by Gasteiger charge is 2.54. The van der Waals surface area contributed by atoms with E-state index in [-0.39, 0.29) is 0 Å². The third-order valence-corrected chi connectivity index (χ3v) is 17.3. The Morgan fingerprint density at radius 2 is 0.611 bits per heavy atom. The molecule has 54 heavy (non-hydrogen) atoms. The third kappa shape index (κ3) is 4.50. The zero-order valence-electron chi connectivity index (χ0n) is 29.2. The predicted octanol–water partition coefficient (Wildman–Crippen LogP) is 9.43. The lowest BCUT2D eigenvalue weighted by molar-refractivity contribution is 0.443. The van der Waals surface area contributed by atoms with Crippen LogP contribution in [-0.4, -0.2) is 0 Å². The largest absolute Gasteiger partial charge is 0.455 e. The summed E-state index contributed by atoms with van der Waals surface area (Å²) in [6.07, 6.45) is 0. The van der Waals surface area contributed by atoms with Crippen LogP contribution in [-0.2, 0) is 14.5 Å². The minimum absolute atomic E-state index is 0.535. The molecule has 0 amide bonds. The summed E-state index contributed by atoms with van der Waals surface area (Å²) in [5.41, 5.74) is 5.42. The third-order valence-electron chi connectivity index (χ3n) is 11.1. The first-order valence-electron chi connectivity index (χ1n) is 18.2. The van der Waals surface area contributed by atoms with Crippen molar-refractivity contribution in [3.8, 4) is 22.6 Å². The molecule has 1 spiro atoms. The van der Waals surface area contributed by atoms with Crippen molar-refractivity contribution in [1.82, 2.24) is 0 Å². The van der Waals surface area contributed by atoms with Crippen LogP contribution in [0.1, 0.15) is 22.3 Å². The van der Waals surface area contributed by atoms with E-state index in [9.17, 15) is 0 Å². The maximum atomic E-state index is 16.3. The van der Waals surface area contributed by atoms with E-state index in [1.165, 1.54) is 0 Å². The lowest BCUT2D eigenvalue weighted by Crippen LogP contribution is -2.38. The molecular formula is C49H34O3P2. The average Bonchev–Trinajstić information content (AvgIpc) is 3.54. The molecule has 0 aromatic heterocycles. The van der Waals surface area contributed by atoms with Crippen LogP contribution >= 0.6 is 14.3 Å². The van der Waals surface area contributed by atoms with Crippen molar-refractivity contribution < 1.29 is 13.9 Å². The Hall–Kier alpha value is -5.98. The Kier molecular flexibility index (Phi) is 7.60. The summed E-state index contributed by atoms with van der Waals surface area (Å²) in [7, 11) is -7.08. The lowest BCUT2D eigenvalue weighted by Gasteiger charge is -2.41. The van der Waals surface area contributed by atoms with Crippen LogP contribution in [0.5, 0.6) is 11.5 Å². The summed E-state index contributed by atoms with van der Waals surface area (Å²) >= 11 is 0. The van der Waals surface area contributed by atoms with Crippen molar-refractivity contribution in [2.75, 3.05) is 0 Å². The van der Waals surface area contributed by atoms with Crippen LogP contribution in [0.3, 0.4) is 0 Å². The number of hydrogen-bond donors (Lipinski definition) is 0. The van der Waals surface area contributed by atoms with E-state index in [2.05, 4.69) is 60.7 Å². The van der Waals surface area contributed by atoms with Gasteiger partial charge in [0, 0.05) is 32.3 Å². The summed E-state index contributed by atoms with van der Waals surface area (Å²) < 4.78 is 40.0. The van der Waals surface area contributed by atoms with Gasteiger partial charge in [-0.25, -0.2) is 0 Å². The molecule has 1 heterocycles. The normalized spacial score (nSPS) is 13.6. The molecule has 258 valence electrons. The van der Waals surface area contributed by atoms with E-state index in [0.717, 1.165) is 33.4 Å². The number of hydrogen-bond acceptors (Lipinski definition) is 3. The zero-order valence-corrected chi connectivity index (χ0v) is 31.0. The van der Waals surface area contributed by atoms with Gasteiger partial charge in [-0.1, -0.05) is 194 Å². The molecule has 0 unspecified atom stereocenters. The maximum Gasteiger partial charge on any atom is 0.174 e. The van der Waals surface area contributed by atoms with Gasteiger partial charge >= 0.3 is 0 Å². The molecule has 3 nitrogen and oxygen atoms in total. The van der Waals surface area contributed by atoms with Crippen LogP contribution in [0, 0.1) is 0 Å². The van der Waals surface area contributed by atoms with Gasteiger partial charge in [0.15, 0.2) is 14.3 Å². The van der Waals surface area contributed by atoms with Crippen LogP contribution < -0.4 is 36.6 Å². The van der Waals surface area contributed by atoms with Gasteiger partial charge in [-0.2, -0.15) is 0 Å². The van der Waals surface area contributed by atoms with Crippen LogP contribution in [0.25, 0.3) is 11.1 Å². The smallest absolute Gasteiger partial charge is 0.174 e. The van der Waals surface area contributed by atoms with E-state index in [0.29, 0.717) is 43.3 Å². The first-order chi connectivity index (χ1) is 26.6. The van der Waals surface area contributed by atoms with Crippen molar-refractivity contribution in [2.45, 2.75) is 5.41 Å². The molecule has 0 radical (unpaired) electrons. The van der Waals surface area contributed by atoms with Gasteiger partial charge in [-0.15, -0.1) is 0 Å². The summed E-state index contributed by atoms with van der Waals surface area (Å²) in [5, 5.41) is 4.07. The highest BCUT2D eigenvalue weighted by atomic mass is 31.2. The fourth-order valence-electron chi connectivity index (χ4n) is 8.82. The molecule has 0 atom stereocenters. The molecule has 10 rings (SSSR count). The molecule has 8 aromatic rings. The first-order valence-corrected chi connectivity index (χ1v) is 21.6. The molecule has 8 aromatic carbocycles. The molecule has 5 heteroatoms. The number of ether oxygens (including phenoxy) is 1. The van der Waals surface area contributed by atoms with E-state index < -0.39 is 19.7 Å². The summed E-state index contributed by atoms with van der Waals surface area (Å²) in [4.78, 5) is 0. The summed E-state index contributed by atoms with van der Waals surface area (Å²) in [6.45, 7) is 0. The molecule has 0 N–H and O–H groups in total. The van der Waals surface area contributed by atoms with Crippen LogP contribution in [0.15, 0.2) is 206 Å². The second kappa shape index (κ2) is 12.6. The number of fused-ring (bicyclic) bond motifs is 9. The molecule has 0 saturated carbocycles. The van der Waals surface area contributed by atoms with Gasteiger partial charge in [0.25, 0.3) is 0 Å². The Balaban J connectivity index is 1.37. The van der Waals surface area contributed by atoms with Crippen molar-refractivity contribution in [2.24, 2.45) is 0 Å². The quantitative estimate of drug-likeness (QED) is 0.160. The minimum atomic E-state index is -3.54. The molecule has 0 bridgehead atoms. The van der Waals surface area contributed by atoms with Crippen molar-refractivity contribution in [3.63, 3.8) is 0 Å². The Bertz CT molecular complexity index is 2520. The number of rotatable bonds is 6. The molecular weight excluding hydrogens is 698 g/mol. The van der Waals surface area contributed by atoms with Gasteiger partial charge in [0.05, 0.1) is 16.0 Å². The number of benzene rings is 8. The van der Waals surface area contributed by atoms with Crippen LogP contribution in [0.4, 0.5) is 0 Å². The fourth-order valence-corrected chi connectivity index (χ4v) is 14.4. The maximum absolute atomic E-state index is 16.3. The Morgan fingerprint density at radius 3 is 0.963 bits per heavy atom. The second-order valence-electron chi connectivity index (χ2n) is 13.8. The van der Waals surface area contributed by atoms with E-state index in [1.54, 1.807) is 0 Å². The van der Waals surface area contributed by atoms with Crippen molar-refractivity contribution in [3.05, 3.63) is 229 Å². The average molecular weight is 733 g/mol. The standard InChI is InChI=1S/C49H34O3P2/c50-53(35-19-5-1-6-20-35,36-21-7-2-8-22-36)45-33-17-31-43-47(45)52-48-44(49(43)41-29-15-13-27-39(41)40-28-14-16-30-42(40)49)32-18-34-46(48)54(51,37-23-9-3-10-24-37)38-25-11-4-12-26-38/h1-34H. The highest BCUT2D eigenvalue weighted by molar-refractivity contribution is 7.86. The predicted molar refractivity (Wildman–Crippen MR) is 223 cm³/mol. The monoisotopic (exact) mass is 732 g/mol. The van der Waals surface area contributed by atoms with Crippen molar-refractivity contribution >= 4 is 46.1 Å². The van der Waals surface area contributed by atoms with Gasteiger partial charge in [-0.3, -0.25) is 0 Å². The zero-order chi connectivity index (χ0) is 36.3. The summed E-state index contributed by atoms with van der Waals surface area (Å²) in [6, 6.07) is 68.2. The molecule has 0 fully saturated rings. The fraction of sp³-hybridized carbons (Fsp3) is 0.0204. The molecule has 1 aliphatic heterocycles. The van der Waals surface area contributed by atoms with Gasteiger partial charge in [0.2, 0.25) is 0 Å². The minimum Gasteiger partial charge on any atom is -0.455 e. The Labute approximate surface area is 315 Å². The Morgan fingerprint density at radius 1 is 0.315 bits per heavy atom. The van der Waals surface area contributed by atoms with Gasteiger partial charge < -0.3 is 13.9 Å². The molecule has 2 aliphatic rings. The van der Waals surface area contributed by atoms with E-state index in [1.807, 2.05) is 146 Å². The summed E-state index contributed by atoms with van der Waals surface area (Å²) in [5.74, 6) is 1.07. The van der Waals surface area contributed by atoms with Gasteiger partial charge in [-0.05, 0) is 34.4 Å². The SMILES string of the molecule is O=P(c1ccccc1)(c1ccccc1)c1cccc2c1Oc1c(cccc1P(=O)(c1ccccc1)c1ccccc1)C21c2ccccc2-c2ccccc21. The first kappa shape index (κ1) is 32.7. The van der Waals surface area contributed by atoms with Crippen LogP contribution in [0.2, 0.25) is 0 Å². The number of para-hydroxylation sites is 2. The van der Waals surface area contributed by atoms with Crippen molar-refractivity contribution in [1.29, 1.82) is 0 Å². The van der Waals surface area contributed by atoms with E-state index >= 15 is 9.13 Å². The second-order valence-corrected chi connectivity index (χ2v) is 19.3.